The second kappa shape index (κ2) is 5.02. The van der Waals surface area contributed by atoms with Crippen LogP contribution in [0.3, 0.4) is 0 Å². The molecule has 0 radical (unpaired) electrons. The van der Waals surface area contributed by atoms with Crippen molar-refractivity contribution in [2.24, 2.45) is 0 Å². The number of ether oxygens (including phenoxy) is 1. The first-order valence-electron chi connectivity index (χ1n) is 7.40. The average Bonchev–Trinajstić information content (AvgIpc) is 2.96. The maximum absolute atomic E-state index is 6.01. The topological polar surface area (TPSA) is 61.3 Å². The van der Waals surface area contributed by atoms with E-state index in [0.717, 1.165) is 16.5 Å². The van der Waals surface area contributed by atoms with Crippen molar-refractivity contribution in [3.05, 3.63) is 54.1 Å². The van der Waals surface area contributed by atoms with E-state index in [1.54, 1.807) is 7.11 Å². The quantitative estimate of drug-likeness (QED) is 0.590. The zero-order valence-electron chi connectivity index (χ0n) is 13.0. The van der Waals surface area contributed by atoms with Crippen LogP contribution in [0, 0.1) is 6.92 Å². The molecule has 3 aromatic carbocycles. The van der Waals surface area contributed by atoms with Crippen molar-refractivity contribution < 1.29 is 9.26 Å². The zero-order chi connectivity index (χ0) is 16.0. The lowest BCUT2D eigenvalue weighted by atomic mass is 9.97. The van der Waals surface area contributed by atoms with E-state index in [1.165, 1.54) is 16.3 Å². The summed E-state index contributed by atoms with van der Waals surface area (Å²) in [7, 11) is 1.60. The highest BCUT2D eigenvalue weighted by Crippen LogP contribution is 2.38. The number of nitrogens with zero attached hydrogens (tertiary/aromatic N) is 1. The lowest BCUT2D eigenvalue weighted by molar-refractivity contribution is 0.394. The molecule has 0 bridgehead atoms. The number of nitrogen functional groups attached to an aromatic ring is 1. The van der Waals surface area contributed by atoms with E-state index in [9.17, 15) is 0 Å². The van der Waals surface area contributed by atoms with Gasteiger partial charge in [-0.1, -0.05) is 35.5 Å². The molecule has 0 saturated carbocycles. The fourth-order valence-electron chi connectivity index (χ4n) is 3.06. The normalized spacial score (nSPS) is 11.2. The van der Waals surface area contributed by atoms with Gasteiger partial charge in [0.2, 0.25) is 5.58 Å². The van der Waals surface area contributed by atoms with Crippen molar-refractivity contribution in [3.8, 4) is 16.9 Å². The number of fused-ring (bicyclic) bond motifs is 2. The maximum atomic E-state index is 6.01. The predicted molar refractivity (Wildman–Crippen MR) is 92.7 cm³/mol. The van der Waals surface area contributed by atoms with E-state index < -0.39 is 0 Å². The second-order valence-electron chi connectivity index (χ2n) is 5.60. The SMILES string of the molecule is COc1ccc(-c2ccc3c(C)cccc3c2)c2c(N)noc12. The highest BCUT2D eigenvalue weighted by molar-refractivity contribution is 6.04. The molecule has 4 rings (SSSR count). The largest absolute Gasteiger partial charge is 0.493 e. The Bertz CT molecular complexity index is 1030. The van der Waals surface area contributed by atoms with Gasteiger partial charge in [0.15, 0.2) is 11.6 Å². The molecule has 0 aliphatic carbocycles. The third-order valence-corrected chi connectivity index (χ3v) is 4.24. The third-order valence-electron chi connectivity index (χ3n) is 4.24. The van der Waals surface area contributed by atoms with Crippen molar-refractivity contribution in [2.45, 2.75) is 6.92 Å². The monoisotopic (exact) mass is 304 g/mol. The van der Waals surface area contributed by atoms with E-state index in [4.69, 9.17) is 15.0 Å². The minimum Gasteiger partial charge on any atom is -0.493 e. The summed E-state index contributed by atoms with van der Waals surface area (Å²) in [5.41, 5.74) is 9.92. The van der Waals surface area contributed by atoms with Gasteiger partial charge in [0.25, 0.3) is 0 Å². The van der Waals surface area contributed by atoms with Gasteiger partial charge < -0.3 is 15.0 Å². The molecule has 0 unspecified atom stereocenters. The fourth-order valence-corrected chi connectivity index (χ4v) is 3.06. The number of aryl methyl sites for hydroxylation is 1. The van der Waals surface area contributed by atoms with Crippen LogP contribution < -0.4 is 10.5 Å². The van der Waals surface area contributed by atoms with E-state index in [0.29, 0.717) is 17.2 Å². The molecule has 23 heavy (non-hydrogen) atoms. The van der Waals surface area contributed by atoms with Gasteiger partial charge in [-0.15, -0.1) is 0 Å². The standard InChI is InChI=1S/C19H16N2O2/c1-11-4-3-5-12-10-13(6-7-14(11)12)15-8-9-16(22-2)18-17(15)19(20)21-23-18/h3-10H,1-2H3,(H2,20,21). The molecule has 4 heteroatoms. The summed E-state index contributed by atoms with van der Waals surface area (Å²) in [6, 6.07) is 16.6. The summed E-state index contributed by atoms with van der Waals surface area (Å²) >= 11 is 0. The van der Waals surface area contributed by atoms with Crippen LogP contribution in [0.25, 0.3) is 32.9 Å². The predicted octanol–water partition coefficient (Wildman–Crippen LogP) is 4.55. The van der Waals surface area contributed by atoms with Gasteiger partial charge in [0.05, 0.1) is 12.5 Å². The molecule has 0 amide bonds. The van der Waals surface area contributed by atoms with Gasteiger partial charge in [-0.2, -0.15) is 0 Å². The fraction of sp³-hybridized carbons (Fsp3) is 0.105. The Balaban J connectivity index is 2.01. The molecule has 0 atom stereocenters. The lowest BCUT2D eigenvalue weighted by Crippen LogP contribution is -1.89. The van der Waals surface area contributed by atoms with Crippen molar-refractivity contribution in [2.75, 3.05) is 12.8 Å². The smallest absolute Gasteiger partial charge is 0.211 e. The van der Waals surface area contributed by atoms with Crippen LogP contribution in [0.5, 0.6) is 5.75 Å². The minimum absolute atomic E-state index is 0.373. The minimum atomic E-state index is 0.373. The Hall–Kier alpha value is -3.01. The first kappa shape index (κ1) is 13.6. The molecular weight excluding hydrogens is 288 g/mol. The highest BCUT2D eigenvalue weighted by atomic mass is 16.5. The number of rotatable bonds is 2. The molecule has 4 aromatic rings. The van der Waals surface area contributed by atoms with Gasteiger partial charge in [-0.05, 0) is 52.6 Å². The van der Waals surface area contributed by atoms with Gasteiger partial charge in [0, 0.05) is 0 Å². The third kappa shape index (κ3) is 2.03. The number of hydrogen-bond donors (Lipinski definition) is 1. The number of aromatic nitrogens is 1. The molecule has 0 fully saturated rings. The molecule has 0 saturated heterocycles. The molecular formula is C19H16N2O2. The molecule has 114 valence electrons. The van der Waals surface area contributed by atoms with E-state index in [1.807, 2.05) is 12.1 Å². The van der Waals surface area contributed by atoms with Crippen molar-refractivity contribution in [3.63, 3.8) is 0 Å². The Morgan fingerprint density at radius 1 is 1.09 bits per heavy atom. The summed E-state index contributed by atoms with van der Waals surface area (Å²) in [5, 5.41) is 7.12. The number of hydrogen-bond acceptors (Lipinski definition) is 4. The molecule has 1 aromatic heterocycles. The molecule has 1 heterocycles. The number of benzene rings is 3. The summed E-state index contributed by atoms with van der Waals surface area (Å²) in [6.07, 6.45) is 0. The number of nitrogens with two attached hydrogens (primary N) is 1. The van der Waals surface area contributed by atoms with Crippen LogP contribution in [0.15, 0.2) is 53.1 Å². The van der Waals surface area contributed by atoms with Crippen LogP contribution in [0.1, 0.15) is 5.56 Å². The summed E-state index contributed by atoms with van der Waals surface area (Å²) in [5.74, 6) is 1.00. The van der Waals surface area contributed by atoms with Crippen molar-refractivity contribution >= 4 is 27.6 Å². The molecule has 0 aliphatic heterocycles. The van der Waals surface area contributed by atoms with Crippen LogP contribution >= 0.6 is 0 Å². The Labute approximate surface area is 133 Å². The van der Waals surface area contributed by atoms with Gasteiger partial charge in [-0.3, -0.25) is 0 Å². The van der Waals surface area contributed by atoms with E-state index in [-0.39, 0.29) is 0 Å². The van der Waals surface area contributed by atoms with E-state index >= 15 is 0 Å². The van der Waals surface area contributed by atoms with Crippen molar-refractivity contribution in [1.82, 2.24) is 5.16 Å². The first-order chi connectivity index (χ1) is 11.2. The Morgan fingerprint density at radius 2 is 1.96 bits per heavy atom. The number of methoxy groups -OCH3 is 1. The zero-order valence-corrected chi connectivity index (χ0v) is 13.0. The summed E-state index contributed by atoms with van der Waals surface area (Å²) in [6.45, 7) is 2.12. The highest BCUT2D eigenvalue weighted by Gasteiger charge is 2.16. The Kier molecular flexibility index (Phi) is 2.98. The van der Waals surface area contributed by atoms with Crippen LogP contribution in [-0.2, 0) is 0 Å². The van der Waals surface area contributed by atoms with Crippen LogP contribution in [0.2, 0.25) is 0 Å². The molecule has 2 N–H and O–H groups in total. The van der Waals surface area contributed by atoms with Crippen LogP contribution in [0.4, 0.5) is 5.82 Å². The molecule has 0 aliphatic rings. The Morgan fingerprint density at radius 3 is 2.78 bits per heavy atom. The van der Waals surface area contributed by atoms with Crippen LogP contribution in [-0.4, -0.2) is 12.3 Å². The van der Waals surface area contributed by atoms with E-state index in [2.05, 4.69) is 48.5 Å². The van der Waals surface area contributed by atoms with Gasteiger partial charge >= 0.3 is 0 Å². The summed E-state index contributed by atoms with van der Waals surface area (Å²) < 4.78 is 10.7. The lowest BCUT2D eigenvalue weighted by Gasteiger charge is -2.08. The maximum Gasteiger partial charge on any atom is 0.211 e. The average molecular weight is 304 g/mol. The summed E-state index contributed by atoms with van der Waals surface area (Å²) in [4.78, 5) is 0. The van der Waals surface area contributed by atoms with Gasteiger partial charge in [-0.25, -0.2) is 0 Å². The first-order valence-corrected chi connectivity index (χ1v) is 7.40. The second-order valence-corrected chi connectivity index (χ2v) is 5.60. The molecule has 0 spiro atoms. The molecule has 4 nitrogen and oxygen atoms in total. The van der Waals surface area contributed by atoms with Gasteiger partial charge in [0.1, 0.15) is 0 Å². The van der Waals surface area contributed by atoms with Crippen molar-refractivity contribution in [1.29, 1.82) is 0 Å². The number of anilines is 1.